The van der Waals surface area contributed by atoms with Crippen LogP contribution in [0.15, 0.2) is 48.5 Å². The molecule has 0 saturated carbocycles. The number of carbonyl (C=O) groups is 2. The standard InChI is InChI=1S/C22H25N5O2/c1-16-23-20-5-3-4-6-21(20)27(16)15-22(29)24-18-7-9-19(10-8-18)26-13-11-25(12-14-26)17(2)28/h3-10H,11-15H2,1-2H3,(H,24,29). The predicted octanol–water partition coefficient (Wildman–Crippen LogP) is 2.65. The van der Waals surface area contributed by atoms with Gasteiger partial charge in [0, 0.05) is 44.5 Å². The zero-order chi connectivity index (χ0) is 20.4. The Morgan fingerprint density at radius 2 is 1.69 bits per heavy atom. The van der Waals surface area contributed by atoms with E-state index >= 15 is 0 Å². The highest BCUT2D eigenvalue weighted by molar-refractivity contribution is 5.92. The summed E-state index contributed by atoms with van der Waals surface area (Å²) in [5.74, 6) is 0.865. The topological polar surface area (TPSA) is 70.5 Å². The molecule has 0 aliphatic carbocycles. The molecule has 150 valence electrons. The van der Waals surface area contributed by atoms with Gasteiger partial charge in [0.15, 0.2) is 0 Å². The molecular weight excluding hydrogens is 366 g/mol. The van der Waals surface area contributed by atoms with Crippen LogP contribution in [0.2, 0.25) is 0 Å². The molecular formula is C22H25N5O2. The van der Waals surface area contributed by atoms with Crippen LogP contribution in [-0.4, -0.2) is 52.4 Å². The van der Waals surface area contributed by atoms with Crippen molar-refractivity contribution in [2.75, 3.05) is 36.4 Å². The SMILES string of the molecule is CC(=O)N1CCN(c2ccc(NC(=O)Cn3c(C)nc4ccccc43)cc2)CC1. The van der Waals surface area contributed by atoms with Crippen LogP contribution >= 0.6 is 0 Å². The van der Waals surface area contributed by atoms with Gasteiger partial charge in [0.25, 0.3) is 0 Å². The second-order valence-electron chi connectivity index (χ2n) is 7.32. The summed E-state index contributed by atoms with van der Waals surface area (Å²) in [4.78, 5) is 32.6. The van der Waals surface area contributed by atoms with Gasteiger partial charge in [-0.15, -0.1) is 0 Å². The fourth-order valence-corrected chi connectivity index (χ4v) is 3.77. The Kier molecular flexibility index (Phi) is 5.20. The van der Waals surface area contributed by atoms with Crippen LogP contribution in [0.5, 0.6) is 0 Å². The summed E-state index contributed by atoms with van der Waals surface area (Å²) in [5.41, 5.74) is 3.72. The van der Waals surface area contributed by atoms with E-state index in [9.17, 15) is 9.59 Å². The molecule has 0 bridgehead atoms. The minimum Gasteiger partial charge on any atom is -0.368 e. The zero-order valence-corrected chi connectivity index (χ0v) is 16.8. The number of amides is 2. The zero-order valence-electron chi connectivity index (χ0n) is 16.8. The second-order valence-corrected chi connectivity index (χ2v) is 7.32. The quantitative estimate of drug-likeness (QED) is 0.742. The lowest BCUT2D eigenvalue weighted by Gasteiger charge is -2.35. The third-order valence-electron chi connectivity index (χ3n) is 5.39. The number of nitrogens with one attached hydrogen (secondary N) is 1. The number of hydrogen-bond acceptors (Lipinski definition) is 4. The van der Waals surface area contributed by atoms with Gasteiger partial charge in [-0.05, 0) is 43.3 Å². The molecule has 1 aromatic heterocycles. The van der Waals surface area contributed by atoms with Crippen molar-refractivity contribution in [2.45, 2.75) is 20.4 Å². The van der Waals surface area contributed by atoms with Gasteiger partial charge >= 0.3 is 0 Å². The van der Waals surface area contributed by atoms with Crippen LogP contribution < -0.4 is 10.2 Å². The van der Waals surface area contributed by atoms with E-state index < -0.39 is 0 Å². The van der Waals surface area contributed by atoms with Crippen molar-refractivity contribution in [3.63, 3.8) is 0 Å². The number of carbonyl (C=O) groups excluding carboxylic acids is 2. The van der Waals surface area contributed by atoms with E-state index in [1.165, 1.54) is 0 Å². The van der Waals surface area contributed by atoms with Crippen LogP contribution in [0.4, 0.5) is 11.4 Å². The molecule has 2 amide bonds. The highest BCUT2D eigenvalue weighted by Crippen LogP contribution is 2.20. The van der Waals surface area contributed by atoms with Gasteiger partial charge in [-0.1, -0.05) is 12.1 Å². The third-order valence-corrected chi connectivity index (χ3v) is 5.39. The molecule has 0 radical (unpaired) electrons. The fraction of sp³-hybridized carbons (Fsp3) is 0.318. The van der Waals surface area contributed by atoms with E-state index in [1.807, 2.05) is 64.9 Å². The van der Waals surface area contributed by atoms with E-state index in [4.69, 9.17) is 0 Å². The lowest BCUT2D eigenvalue weighted by Crippen LogP contribution is -2.48. The molecule has 29 heavy (non-hydrogen) atoms. The van der Waals surface area contributed by atoms with E-state index in [-0.39, 0.29) is 18.4 Å². The average Bonchev–Trinajstić information content (AvgIpc) is 3.04. The van der Waals surface area contributed by atoms with Gasteiger partial charge in [0.05, 0.1) is 11.0 Å². The van der Waals surface area contributed by atoms with Crippen molar-refractivity contribution in [1.82, 2.24) is 14.5 Å². The Bertz CT molecular complexity index is 1030. The molecule has 0 spiro atoms. The molecule has 3 aromatic rings. The molecule has 1 fully saturated rings. The highest BCUT2D eigenvalue weighted by atomic mass is 16.2. The number of nitrogens with zero attached hydrogens (tertiary/aromatic N) is 4. The van der Waals surface area contributed by atoms with Crippen molar-refractivity contribution < 1.29 is 9.59 Å². The number of anilines is 2. The van der Waals surface area contributed by atoms with E-state index in [0.29, 0.717) is 0 Å². The summed E-state index contributed by atoms with van der Waals surface area (Å²) in [6.07, 6.45) is 0. The van der Waals surface area contributed by atoms with Crippen molar-refractivity contribution in [1.29, 1.82) is 0 Å². The predicted molar refractivity (Wildman–Crippen MR) is 114 cm³/mol. The summed E-state index contributed by atoms with van der Waals surface area (Å²) >= 11 is 0. The van der Waals surface area contributed by atoms with Gasteiger partial charge in [0.1, 0.15) is 12.4 Å². The number of fused-ring (bicyclic) bond motifs is 1. The van der Waals surface area contributed by atoms with Gasteiger partial charge in [-0.3, -0.25) is 9.59 Å². The third kappa shape index (κ3) is 4.08. The van der Waals surface area contributed by atoms with E-state index in [1.54, 1.807) is 6.92 Å². The summed E-state index contributed by atoms with van der Waals surface area (Å²) in [7, 11) is 0. The Morgan fingerprint density at radius 1 is 1.00 bits per heavy atom. The molecule has 2 aromatic carbocycles. The first-order chi connectivity index (χ1) is 14.0. The maximum atomic E-state index is 12.6. The molecule has 0 unspecified atom stereocenters. The summed E-state index contributed by atoms with van der Waals surface area (Å²) in [5, 5.41) is 2.97. The van der Waals surface area contributed by atoms with E-state index in [2.05, 4.69) is 15.2 Å². The minimum absolute atomic E-state index is 0.0842. The maximum Gasteiger partial charge on any atom is 0.244 e. The summed E-state index contributed by atoms with van der Waals surface area (Å²) in [6, 6.07) is 15.7. The van der Waals surface area contributed by atoms with Crippen molar-refractivity contribution in [2.24, 2.45) is 0 Å². The average molecular weight is 391 g/mol. The number of imidazole rings is 1. The lowest BCUT2D eigenvalue weighted by molar-refractivity contribution is -0.129. The molecule has 4 rings (SSSR count). The number of aryl methyl sites for hydroxylation is 1. The fourth-order valence-electron chi connectivity index (χ4n) is 3.77. The number of hydrogen-bond donors (Lipinski definition) is 1. The van der Waals surface area contributed by atoms with Crippen LogP contribution in [0, 0.1) is 6.92 Å². The monoisotopic (exact) mass is 391 g/mol. The second kappa shape index (κ2) is 7.95. The van der Waals surface area contributed by atoms with Crippen molar-refractivity contribution in [3.05, 3.63) is 54.4 Å². The van der Waals surface area contributed by atoms with Crippen LogP contribution in [0.3, 0.4) is 0 Å². The number of aromatic nitrogens is 2. The summed E-state index contributed by atoms with van der Waals surface area (Å²) in [6.45, 7) is 6.87. The van der Waals surface area contributed by atoms with E-state index in [0.717, 1.165) is 54.4 Å². The molecule has 1 N–H and O–H groups in total. The van der Waals surface area contributed by atoms with Crippen molar-refractivity contribution >= 4 is 34.2 Å². The van der Waals surface area contributed by atoms with Crippen LogP contribution in [-0.2, 0) is 16.1 Å². The molecule has 2 heterocycles. The van der Waals surface area contributed by atoms with Crippen LogP contribution in [0.1, 0.15) is 12.7 Å². The maximum absolute atomic E-state index is 12.6. The molecule has 0 atom stereocenters. The number of para-hydroxylation sites is 2. The van der Waals surface area contributed by atoms with Gasteiger partial charge in [-0.2, -0.15) is 0 Å². The highest BCUT2D eigenvalue weighted by Gasteiger charge is 2.18. The minimum atomic E-state index is -0.0842. The van der Waals surface area contributed by atoms with Gasteiger partial charge < -0.3 is 19.7 Å². The Hall–Kier alpha value is -3.35. The number of piperazine rings is 1. The Morgan fingerprint density at radius 3 is 2.38 bits per heavy atom. The lowest BCUT2D eigenvalue weighted by atomic mass is 10.2. The first kappa shape index (κ1) is 19.0. The first-order valence-corrected chi connectivity index (χ1v) is 9.83. The van der Waals surface area contributed by atoms with Gasteiger partial charge in [-0.25, -0.2) is 4.98 Å². The molecule has 1 aliphatic rings. The number of rotatable bonds is 4. The molecule has 7 heteroatoms. The molecule has 7 nitrogen and oxygen atoms in total. The Balaban J connectivity index is 1.38. The summed E-state index contributed by atoms with van der Waals surface area (Å²) < 4.78 is 1.92. The Labute approximate surface area is 169 Å². The smallest absolute Gasteiger partial charge is 0.244 e. The molecule has 1 saturated heterocycles. The van der Waals surface area contributed by atoms with Crippen molar-refractivity contribution in [3.8, 4) is 0 Å². The first-order valence-electron chi connectivity index (χ1n) is 9.83. The largest absolute Gasteiger partial charge is 0.368 e. The van der Waals surface area contributed by atoms with Crippen LogP contribution in [0.25, 0.3) is 11.0 Å². The molecule has 1 aliphatic heterocycles. The number of benzene rings is 2. The normalized spacial score (nSPS) is 14.3. The van der Waals surface area contributed by atoms with Gasteiger partial charge in [0.2, 0.25) is 11.8 Å².